The molecule has 0 aliphatic carbocycles. The van der Waals surface area contributed by atoms with Crippen LogP contribution >= 0.6 is 0 Å². The number of rotatable bonds is 2. The Kier molecular flexibility index (Phi) is 2.27. The summed E-state index contributed by atoms with van der Waals surface area (Å²) in [5.74, 6) is 0. The molecule has 3 heteroatoms. The van der Waals surface area contributed by atoms with Gasteiger partial charge < -0.3 is 16.5 Å². The van der Waals surface area contributed by atoms with Crippen molar-refractivity contribution in [3.8, 4) is 0 Å². The van der Waals surface area contributed by atoms with Crippen LogP contribution in [0.15, 0.2) is 18.2 Å². The van der Waals surface area contributed by atoms with E-state index in [-0.39, 0.29) is 0 Å². The molecule has 0 bridgehead atoms. The molecular formula is C12H17N3. The number of nitrogens with two attached hydrogens (primary N) is 1. The topological polar surface area (TPSA) is 61.9 Å². The van der Waals surface area contributed by atoms with Gasteiger partial charge in [0, 0.05) is 17.8 Å². The first kappa shape index (κ1) is 10.2. The van der Waals surface area contributed by atoms with E-state index in [0.29, 0.717) is 5.71 Å². The van der Waals surface area contributed by atoms with Crippen LogP contribution < -0.4 is 11.1 Å². The van der Waals surface area contributed by atoms with Gasteiger partial charge in [0.25, 0.3) is 0 Å². The first-order chi connectivity index (χ1) is 7.00. The second-order valence-electron chi connectivity index (χ2n) is 4.61. The van der Waals surface area contributed by atoms with E-state index in [1.54, 1.807) is 0 Å². The second-order valence-corrected chi connectivity index (χ2v) is 4.61. The number of para-hydroxylation sites is 1. The van der Waals surface area contributed by atoms with Gasteiger partial charge in [0.15, 0.2) is 0 Å². The first-order valence-electron chi connectivity index (χ1n) is 5.24. The van der Waals surface area contributed by atoms with E-state index in [4.69, 9.17) is 11.1 Å². The van der Waals surface area contributed by atoms with Gasteiger partial charge in [-0.05, 0) is 25.8 Å². The van der Waals surface area contributed by atoms with Crippen LogP contribution in [0.2, 0.25) is 0 Å². The maximum absolute atomic E-state index is 8.08. The molecule has 3 nitrogen and oxygen atoms in total. The molecule has 0 unspecified atom stereocenters. The van der Waals surface area contributed by atoms with Gasteiger partial charge in [0.2, 0.25) is 0 Å². The Balaban J connectivity index is 2.46. The molecule has 1 aliphatic rings. The van der Waals surface area contributed by atoms with Crippen molar-refractivity contribution in [1.82, 2.24) is 0 Å². The number of benzene rings is 1. The van der Waals surface area contributed by atoms with Crippen molar-refractivity contribution in [1.29, 1.82) is 5.41 Å². The van der Waals surface area contributed by atoms with E-state index in [1.807, 2.05) is 26.0 Å². The minimum atomic E-state index is -0.584. The zero-order valence-electron chi connectivity index (χ0n) is 9.22. The zero-order valence-corrected chi connectivity index (χ0v) is 9.22. The quantitative estimate of drug-likeness (QED) is 0.641. The number of hydrogen-bond acceptors (Lipinski definition) is 3. The lowest BCUT2D eigenvalue weighted by Gasteiger charge is -2.22. The molecule has 0 amide bonds. The maximum Gasteiger partial charge on any atom is 0.0600 e. The predicted octanol–water partition coefficient (Wildman–Crippen LogP) is 1.76. The molecule has 0 fully saturated rings. The zero-order chi connectivity index (χ0) is 11.1. The average molecular weight is 203 g/mol. The summed E-state index contributed by atoms with van der Waals surface area (Å²) in [6.07, 6.45) is 1.04. The van der Waals surface area contributed by atoms with Gasteiger partial charge in [-0.3, -0.25) is 0 Å². The van der Waals surface area contributed by atoms with Crippen molar-refractivity contribution >= 4 is 11.4 Å². The summed E-state index contributed by atoms with van der Waals surface area (Å²) in [5.41, 5.74) is 9.20. The summed E-state index contributed by atoms with van der Waals surface area (Å²) in [5, 5.41) is 11.4. The fraction of sp³-hybridized carbons (Fsp3) is 0.417. The molecule has 1 aromatic rings. The molecule has 0 aromatic heterocycles. The highest BCUT2D eigenvalue weighted by Gasteiger charge is 2.24. The maximum atomic E-state index is 8.08. The molecule has 0 atom stereocenters. The Morgan fingerprint density at radius 1 is 1.47 bits per heavy atom. The Morgan fingerprint density at radius 2 is 2.20 bits per heavy atom. The number of nitrogens with one attached hydrogen (secondary N) is 2. The predicted molar refractivity (Wildman–Crippen MR) is 63.7 cm³/mol. The molecule has 0 radical (unpaired) electrons. The summed E-state index contributed by atoms with van der Waals surface area (Å²) >= 11 is 0. The van der Waals surface area contributed by atoms with E-state index in [0.717, 1.165) is 24.2 Å². The van der Waals surface area contributed by atoms with E-state index in [2.05, 4.69) is 11.4 Å². The molecule has 2 rings (SSSR count). The normalized spacial score (nSPS) is 14.6. The minimum Gasteiger partial charge on any atom is -0.384 e. The molecular weight excluding hydrogens is 186 g/mol. The third-order valence-electron chi connectivity index (χ3n) is 2.76. The van der Waals surface area contributed by atoms with E-state index >= 15 is 0 Å². The summed E-state index contributed by atoms with van der Waals surface area (Å²) in [4.78, 5) is 0. The largest absolute Gasteiger partial charge is 0.384 e. The van der Waals surface area contributed by atoms with E-state index in [1.165, 1.54) is 5.56 Å². The van der Waals surface area contributed by atoms with Gasteiger partial charge in [-0.1, -0.05) is 18.2 Å². The molecule has 80 valence electrons. The Labute approximate surface area is 90.2 Å². The molecule has 0 saturated carbocycles. The van der Waals surface area contributed by atoms with Crippen LogP contribution in [-0.2, 0) is 6.42 Å². The van der Waals surface area contributed by atoms with Gasteiger partial charge in [0.05, 0.1) is 11.3 Å². The van der Waals surface area contributed by atoms with Crippen LogP contribution in [0, 0.1) is 5.41 Å². The Bertz CT molecular complexity index is 402. The number of anilines is 1. The third kappa shape index (κ3) is 1.75. The monoisotopic (exact) mass is 203 g/mol. The van der Waals surface area contributed by atoms with Crippen LogP contribution in [-0.4, -0.2) is 17.8 Å². The molecule has 1 aliphatic heterocycles. The lowest BCUT2D eigenvalue weighted by atomic mass is 9.91. The van der Waals surface area contributed by atoms with Crippen molar-refractivity contribution < 1.29 is 0 Å². The van der Waals surface area contributed by atoms with Crippen LogP contribution in [0.3, 0.4) is 0 Å². The van der Waals surface area contributed by atoms with Crippen molar-refractivity contribution in [2.24, 2.45) is 5.73 Å². The fourth-order valence-corrected chi connectivity index (χ4v) is 1.89. The van der Waals surface area contributed by atoms with Crippen molar-refractivity contribution in [3.63, 3.8) is 0 Å². The van der Waals surface area contributed by atoms with E-state index in [9.17, 15) is 0 Å². The Hall–Kier alpha value is -1.35. The molecule has 1 aromatic carbocycles. The van der Waals surface area contributed by atoms with Crippen molar-refractivity contribution in [2.75, 3.05) is 11.9 Å². The molecule has 15 heavy (non-hydrogen) atoms. The fourth-order valence-electron chi connectivity index (χ4n) is 1.89. The van der Waals surface area contributed by atoms with Crippen LogP contribution in [0.5, 0.6) is 0 Å². The van der Waals surface area contributed by atoms with Gasteiger partial charge in [-0.25, -0.2) is 0 Å². The SMILES string of the molecule is CC(C)(N)C(=N)c1cccc2c1NCC2. The summed E-state index contributed by atoms with van der Waals surface area (Å²) in [7, 11) is 0. The van der Waals surface area contributed by atoms with Crippen LogP contribution in [0.4, 0.5) is 5.69 Å². The minimum absolute atomic E-state index is 0.494. The number of hydrogen-bond donors (Lipinski definition) is 3. The smallest absolute Gasteiger partial charge is 0.0600 e. The van der Waals surface area contributed by atoms with Gasteiger partial charge in [0.1, 0.15) is 0 Å². The number of fused-ring (bicyclic) bond motifs is 1. The second kappa shape index (κ2) is 3.35. The first-order valence-corrected chi connectivity index (χ1v) is 5.24. The lowest BCUT2D eigenvalue weighted by Crippen LogP contribution is -2.41. The highest BCUT2D eigenvalue weighted by atomic mass is 14.9. The summed E-state index contributed by atoms with van der Waals surface area (Å²) in [6, 6.07) is 6.07. The van der Waals surface area contributed by atoms with Crippen molar-refractivity contribution in [2.45, 2.75) is 25.8 Å². The molecule has 1 heterocycles. The molecule has 0 spiro atoms. The van der Waals surface area contributed by atoms with Gasteiger partial charge in [-0.2, -0.15) is 0 Å². The highest BCUT2D eigenvalue weighted by Crippen LogP contribution is 2.28. The van der Waals surface area contributed by atoms with Gasteiger partial charge in [-0.15, -0.1) is 0 Å². The molecule has 0 saturated heterocycles. The standard InChI is InChI=1S/C12H17N3/c1-12(2,14)11(13)9-5-3-4-8-6-7-15-10(8)9/h3-5,13,15H,6-7,14H2,1-2H3. The molecule has 4 N–H and O–H groups in total. The van der Waals surface area contributed by atoms with E-state index < -0.39 is 5.54 Å². The lowest BCUT2D eigenvalue weighted by molar-refractivity contribution is 0.695. The van der Waals surface area contributed by atoms with Gasteiger partial charge >= 0.3 is 0 Å². The average Bonchev–Trinajstić information content (AvgIpc) is 2.62. The van der Waals surface area contributed by atoms with Crippen LogP contribution in [0.1, 0.15) is 25.0 Å². The van der Waals surface area contributed by atoms with Crippen LogP contribution in [0.25, 0.3) is 0 Å². The Morgan fingerprint density at radius 3 is 2.87 bits per heavy atom. The summed E-state index contributed by atoms with van der Waals surface area (Å²) in [6.45, 7) is 4.69. The van der Waals surface area contributed by atoms with Crippen molar-refractivity contribution in [3.05, 3.63) is 29.3 Å². The highest BCUT2D eigenvalue weighted by molar-refractivity contribution is 6.09. The summed E-state index contributed by atoms with van der Waals surface area (Å²) < 4.78 is 0. The third-order valence-corrected chi connectivity index (χ3v) is 2.76.